The van der Waals surface area contributed by atoms with Crippen LogP contribution in [0.25, 0.3) is 5.65 Å². The molecule has 0 atom stereocenters. The number of rotatable bonds is 4. The van der Waals surface area contributed by atoms with Gasteiger partial charge >= 0.3 is 6.18 Å². The first-order valence-corrected chi connectivity index (χ1v) is 7.26. The Bertz CT molecular complexity index is 794. The van der Waals surface area contributed by atoms with Crippen molar-refractivity contribution in [2.75, 3.05) is 5.32 Å². The van der Waals surface area contributed by atoms with Gasteiger partial charge in [-0.05, 0) is 18.6 Å². The number of hydrogen-bond acceptors (Lipinski definition) is 6. The Labute approximate surface area is 127 Å². The standard InChI is InChI=1S/C12H11F3N6S/c1-2-7-5-17-10(22-7)6-16-8-3-4-9-18-19-11(12(13,14)15)21(9)20-8/h3-5H,2,6H2,1H3,(H,16,20). The van der Waals surface area contributed by atoms with Crippen molar-refractivity contribution in [3.8, 4) is 0 Å². The molecule has 3 aromatic heterocycles. The molecule has 0 spiro atoms. The summed E-state index contributed by atoms with van der Waals surface area (Å²) in [6.07, 6.45) is -1.91. The highest BCUT2D eigenvalue weighted by Gasteiger charge is 2.37. The van der Waals surface area contributed by atoms with Gasteiger partial charge in [-0.25, -0.2) is 4.98 Å². The number of anilines is 1. The third-order valence-electron chi connectivity index (χ3n) is 2.89. The van der Waals surface area contributed by atoms with Crippen LogP contribution >= 0.6 is 11.3 Å². The SMILES string of the molecule is CCc1cnc(CNc2ccc3nnc(C(F)(F)F)n3n2)s1. The number of aromatic nitrogens is 5. The van der Waals surface area contributed by atoms with Crippen LogP contribution in [-0.4, -0.2) is 24.8 Å². The highest BCUT2D eigenvalue weighted by Crippen LogP contribution is 2.27. The van der Waals surface area contributed by atoms with Gasteiger partial charge in [-0.3, -0.25) is 0 Å². The summed E-state index contributed by atoms with van der Waals surface area (Å²) in [7, 11) is 0. The molecule has 10 heteroatoms. The lowest BCUT2D eigenvalue weighted by atomic mass is 10.4. The molecule has 22 heavy (non-hydrogen) atoms. The molecule has 3 heterocycles. The second-order valence-corrected chi connectivity index (χ2v) is 5.64. The Morgan fingerprint density at radius 3 is 2.77 bits per heavy atom. The second-order valence-electron chi connectivity index (χ2n) is 4.44. The van der Waals surface area contributed by atoms with Gasteiger partial charge in [0.05, 0.1) is 6.54 Å². The van der Waals surface area contributed by atoms with E-state index in [-0.39, 0.29) is 5.65 Å². The number of halogens is 3. The van der Waals surface area contributed by atoms with E-state index < -0.39 is 12.0 Å². The van der Waals surface area contributed by atoms with E-state index in [1.54, 1.807) is 23.6 Å². The maximum absolute atomic E-state index is 12.8. The lowest BCUT2D eigenvalue weighted by Crippen LogP contribution is -2.13. The minimum atomic E-state index is -4.60. The lowest BCUT2D eigenvalue weighted by Gasteiger charge is -2.06. The Morgan fingerprint density at radius 2 is 2.09 bits per heavy atom. The van der Waals surface area contributed by atoms with E-state index >= 15 is 0 Å². The van der Waals surface area contributed by atoms with Crippen LogP contribution in [0.5, 0.6) is 0 Å². The van der Waals surface area contributed by atoms with E-state index in [9.17, 15) is 13.2 Å². The molecule has 3 aromatic rings. The first kappa shape index (κ1) is 14.7. The molecule has 0 unspecified atom stereocenters. The molecule has 0 bridgehead atoms. The second kappa shape index (κ2) is 5.52. The van der Waals surface area contributed by atoms with E-state index in [1.807, 2.05) is 6.92 Å². The minimum Gasteiger partial charge on any atom is -0.362 e. The predicted molar refractivity (Wildman–Crippen MR) is 74.6 cm³/mol. The largest absolute Gasteiger partial charge is 0.453 e. The van der Waals surface area contributed by atoms with Crippen molar-refractivity contribution in [2.24, 2.45) is 0 Å². The van der Waals surface area contributed by atoms with Gasteiger partial charge in [-0.2, -0.15) is 17.7 Å². The molecule has 0 aliphatic carbocycles. The van der Waals surface area contributed by atoms with Crippen molar-refractivity contribution in [1.29, 1.82) is 0 Å². The van der Waals surface area contributed by atoms with Gasteiger partial charge < -0.3 is 5.32 Å². The Balaban J connectivity index is 1.82. The molecule has 116 valence electrons. The lowest BCUT2D eigenvalue weighted by molar-refractivity contribution is -0.146. The van der Waals surface area contributed by atoms with Gasteiger partial charge in [-0.15, -0.1) is 26.6 Å². The van der Waals surface area contributed by atoms with Crippen LogP contribution in [0, 0.1) is 0 Å². The molecule has 0 saturated heterocycles. The number of thiazole rings is 1. The third kappa shape index (κ3) is 2.86. The molecule has 0 aromatic carbocycles. The van der Waals surface area contributed by atoms with Crippen molar-refractivity contribution < 1.29 is 13.2 Å². The highest BCUT2D eigenvalue weighted by atomic mass is 32.1. The van der Waals surface area contributed by atoms with Crippen molar-refractivity contribution in [1.82, 2.24) is 24.8 Å². The fraction of sp³-hybridized carbons (Fsp3) is 0.333. The number of nitrogens with zero attached hydrogens (tertiary/aromatic N) is 5. The summed E-state index contributed by atoms with van der Waals surface area (Å²) < 4.78 is 39.0. The van der Waals surface area contributed by atoms with Crippen LogP contribution in [0.4, 0.5) is 19.0 Å². The van der Waals surface area contributed by atoms with Crippen LogP contribution in [0.3, 0.4) is 0 Å². The molecule has 0 saturated carbocycles. The van der Waals surface area contributed by atoms with Crippen LogP contribution in [0.1, 0.15) is 22.6 Å². The normalized spacial score (nSPS) is 12.0. The van der Waals surface area contributed by atoms with E-state index in [4.69, 9.17) is 0 Å². The van der Waals surface area contributed by atoms with Gasteiger partial charge in [-0.1, -0.05) is 6.92 Å². The monoisotopic (exact) mass is 328 g/mol. The van der Waals surface area contributed by atoms with Gasteiger partial charge in [0.2, 0.25) is 0 Å². The van der Waals surface area contributed by atoms with Crippen LogP contribution in [0.2, 0.25) is 0 Å². The van der Waals surface area contributed by atoms with Gasteiger partial charge in [0.25, 0.3) is 5.82 Å². The number of nitrogens with one attached hydrogen (secondary N) is 1. The van der Waals surface area contributed by atoms with E-state index in [1.165, 1.54) is 6.07 Å². The average molecular weight is 328 g/mol. The summed E-state index contributed by atoms with van der Waals surface area (Å²) in [6, 6.07) is 2.98. The number of alkyl halides is 3. The van der Waals surface area contributed by atoms with Crippen molar-refractivity contribution in [3.05, 3.63) is 34.0 Å². The average Bonchev–Trinajstić information content (AvgIpc) is 3.10. The first-order valence-electron chi connectivity index (χ1n) is 6.44. The maximum atomic E-state index is 12.8. The molecule has 3 rings (SSSR count). The van der Waals surface area contributed by atoms with E-state index in [2.05, 4.69) is 25.6 Å². The van der Waals surface area contributed by atoms with Crippen LogP contribution < -0.4 is 5.32 Å². The predicted octanol–water partition coefficient (Wildman–Crippen LogP) is 2.77. The third-order valence-corrected chi connectivity index (χ3v) is 4.03. The zero-order valence-electron chi connectivity index (χ0n) is 11.4. The molecule has 0 aliphatic rings. The molecular formula is C12H11F3N6S. The zero-order valence-corrected chi connectivity index (χ0v) is 12.2. The Kier molecular flexibility index (Phi) is 3.69. The highest BCUT2D eigenvalue weighted by molar-refractivity contribution is 7.11. The molecule has 6 nitrogen and oxygen atoms in total. The Hall–Kier alpha value is -2.23. The summed E-state index contributed by atoms with van der Waals surface area (Å²) in [5.74, 6) is -0.847. The molecular weight excluding hydrogens is 317 g/mol. The summed E-state index contributed by atoms with van der Waals surface area (Å²) >= 11 is 1.55. The fourth-order valence-corrected chi connectivity index (χ4v) is 2.62. The molecule has 0 fully saturated rings. The minimum absolute atomic E-state index is 0.0420. The Morgan fingerprint density at radius 1 is 1.27 bits per heavy atom. The molecule has 0 aliphatic heterocycles. The summed E-state index contributed by atoms with van der Waals surface area (Å²) in [5, 5.41) is 14.3. The number of hydrogen-bond donors (Lipinski definition) is 1. The van der Waals surface area contributed by atoms with Crippen molar-refractivity contribution in [3.63, 3.8) is 0 Å². The zero-order chi connectivity index (χ0) is 15.7. The molecule has 0 radical (unpaired) electrons. The number of fused-ring (bicyclic) bond motifs is 1. The molecule has 0 amide bonds. The summed E-state index contributed by atoms with van der Waals surface area (Å²) in [4.78, 5) is 5.38. The maximum Gasteiger partial charge on any atom is 0.453 e. The summed E-state index contributed by atoms with van der Waals surface area (Å²) in [6.45, 7) is 2.43. The van der Waals surface area contributed by atoms with Gasteiger partial charge in [0.1, 0.15) is 10.8 Å². The summed E-state index contributed by atoms with van der Waals surface area (Å²) in [5.41, 5.74) is 0.0420. The number of aryl methyl sites for hydroxylation is 1. The topological polar surface area (TPSA) is 68.0 Å². The van der Waals surface area contributed by atoms with Gasteiger partial charge in [0, 0.05) is 11.1 Å². The van der Waals surface area contributed by atoms with Crippen molar-refractivity contribution in [2.45, 2.75) is 26.1 Å². The quantitative estimate of drug-likeness (QED) is 0.797. The fourth-order valence-electron chi connectivity index (χ4n) is 1.82. The van der Waals surface area contributed by atoms with E-state index in [0.29, 0.717) is 16.9 Å². The smallest absolute Gasteiger partial charge is 0.362 e. The first-order chi connectivity index (χ1) is 10.5. The van der Waals surface area contributed by atoms with Crippen LogP contribution in [-0.2, 0) is 19.1 Å². The van der Waals surface area contributed by atoms with Crippen LogP contribution in [0.15, 0.2) is 18.3 Å². The van der Waals surface area contributed by atoms with Gasteiger partial charge in [0.15, 0.2) is 5.65 Å². The molecule has 1 N–H and O–H groups in total. The van der Waals surface area contributed by atoms with Crippen molar-refractivity contribution >= 4 is 22.8 Å². The van der Waals surface area contributed by atoms with E-state index in [0.717, 1.165) is 16.3 Å².